The molecule has 1 aromatic carbocycles. The van der Waals surface area contributed by atoms with Gasteiger partial charge in [0, 0.05) is 22.4 Å². The molecular weight excluding hydrogens is 408 g/mol. The van der Waals surface area contributed by atoms with E-state index in [2.05, 4.69) is 9.71 Å². The number of para-hydroxylation sites is 1. The summed E-state index contributed by atoms with van der Waals surface area (Å²) in [5, 5.41) is 0.836. The minimum absolute atomic E-state index is 0.168. The number of aromatic nitrogens is 1. The highest BCUT2D eigenvalue weighted by molar-refractivity contribution is 7.92. The molecule has 0 aliphatic heterocycles. The van der Waals surface area contributed by atoms with Crippen LogP contribution < -0.4 is 4.72 Å². The van der Waals surface area contributed by atoms with Crippen LogP contribution in [0.2, 0.25) is 4.34 Å². The Morgan fingerprint density at radius 1 is 1.33 bits per heavy atom. The van der Waals surface area contributed by atoms with E-state index in [0.29, 0.717) is 22.1 Å². The number of fused-ring (bicyclic) bond motifs is 1. The van der Waals surface area contributed by atoms with Gasteiger partial charge >= 0.3 is 5.97 Å². The number of anilines is 1. The molecule has 1 atom stereocenters. The first-order valence-corrected chi connectivity index (χ1v) is 11.4. The fraction of sp³-hybridized carbons (Fsp3) is 0.278. The van der Waals surface area contributed by atoms with Crippen LogP contribution in [0.5, 0.6) is 0 Å². The van der Waals surface area contributed by atoms with Crippen LogP contribution >= 0.6 is 22.9 Å². The standard InChI is InChI=1S/C18H19ClN2O4S2/c1-3-25-17(22)9-12(15-7-8-16(19)26-15)13-10-20-18-11(13)5-4-6-14(18)21-27(2,23)24/h4-8,10,12,20-21H,3,9H2,1-2H3. The van der Waals surface area contributed by atoms with Crippen LogP contribution in [0, 0.1) is 0 Å². The zero-order chi connectivity index (χ0) is 19.6. The number of thiophene rings is 1. The van der Waals surface area contributed by atoms with E-state index in [-0.39, 0.29) is 18.3 Å². The monoisotopic (exact) mass is 426 g/mol. The Kier molecular flexibility index (Phi) is 5.78. The molecule has 0 fully saturated rings. The van der Waals surface area contributed by atoms with E-state index in [1.807, 2.05) is 12.1 Å². The van der Waals surface area contributed by atoms with Crippen LogP contribution in [0.25, 0.3) is 10.9 Å². The number of benzene rings is 1. The molecule has 1 unspecified atom stereocenters. The lowest BCUT2D eigenvalue weighted by molar-refractivity contribution is -0.143. The summed E-state index contributed by atoms with van der Waals surface area (Å²) in [5.41, 5.74) is 2.00. The topological polar surface area (TPSA) is 88.3 Å². The molecule has 0 radical (unpaired) electrons. The van der Waals surface area contributed by atoms with Crippen LogP contribution in [0.1, 0.15) is 29.7 Å². The lowest BCUT2D eigenvalue weighted by Gasteiger charge is -2.14. The molecule has 3 aromatic rings. The molecule has 0 amide bonds. The van der Waals surface area contributed by atoms with Crippen LogP contribution in [0.4, 0.5) is 5.69 Å². The second-order valence-electron chi connectivity index (χ2n) is 6.05. The van der Waals surface area contributed by atoms with Crippen molar-refractivity contribution in [1.29, 1.82) is 0 Å². The van der Waals surface area contributed by atoms with E-state index in [4.69, 9.17) is 16.3 Å². The predicted octanol–water partition coefficient (Wildman–Crippen LogP) is 4.34. The Hall–Kier alpha value is -2.03. The van der Waals surface area contributed by atoms with Crippen molar-refractivity contribution < 1.29 is 17.9 Å². The number of hydrogen-bond donors (Lipinski definition) is 2. The molecule has 0 spiro atoms. The molecular formula is C18H19ClN2O4S2. The molecule has 0 bridgehead atoms. The Labute approximate surface area is 166 Å². The largest absolute Gasteiger partial charge is 0.466 e. The number of nitrogens with one attached hydrogen (secondary N) is 2. The second-order valence-corrected chi connectivity index (χ2v) is 9.55. The molecule has 0 saturated carbocycles. The van der Waals surface area contributed by atoms with E-state index < -0.39 is 10.0 Å². The number of rotatable bonds is 7. The number of ether oxygens (including phenoxy) is 1. The van der Waals surface area contributed by atoms with Gasteiger partial charge in [-0.2, -0.15) is 0 Å². The van der Waals surface area contributed by atoms with Crippen LogP contribution in [0.3, 0.4) is 0 Å². The van der Waals surface area contributed by atoms with Crippen LogP contribution in [-0.4, -0.2) is 32.2 Å². The molecule has 0 aliphatic rings. The summed E-state index contributed by atoms with van der Waals surface area (Å²) in [7, 11) is -3.41. The summed E-state index contributed by atoms with van der Waals surface area (Å²) in [6.45, 7) is 2.08. The van der Waals surface area contributed by atoms with Gasteiger partial charge in [0.15, 0.2) is 0 Å². The van der Waals surface area contributed by atoms with E-state index >= 15 is 0 Å². The van der Waals surface area contributed by atoms with Gasteiger partial charge in [-0.05, 0) is 30.7 Å². The van der Waals surface area contributed by atoms with Crippen molar-refractivity contribution in [3.8, 4) is 0 Å². The fourth-order valence-electron chi connectivity index (χ4n) is 3.02. The summed E-state index contributed by atoms with van der Waals surface area (Å²) in [6, 6.07) is 9.05. The van der Waals surface area contributed by atoms with Gasteiger partial charge in [0.2, 0.25) is 10.0 Å². The van der Waals surface area contributed by atoms with Crippen LogP contribution in [-0.2, 0) is 19.6 Å². The van der Waals surface area contributed by atoms with Gasteiger partial charge in [0.25, 0.3) is 0 Å². The van der Waals surface area contributed by atoms with Crippen molar-refractivity contribution >= 4 is 55.5 Å². The molecule has 2 N–H and O–H groups in total. The zero-order valence-electron chi connectivity index (χ0n) is 14.8. The third kappa shape index (κ3) is 4.63. The van der Waals surface area contributed by atoms with Crippen molar-refractivity contribution in [1.82, 2.24) is 4.98 Å². The van der Waals surface area contributed by atoms with E-state index in [1.165, 1.54) is 11.3 Å². The number of carbonyl (C=O) groups is 1. The summed E-state index contributed by atoms with van der Waals surface area (Å²) in [6.07, 6.45) is 3.07. The van der Waals surface area contributed by atoms with Crippen molar-refractivity contribution in [2.24, 2.45) is 0 Å². The first kappa shape index (κ1) is 19.7. The van der Waals surface area contributed by atoms with Gasteiger partial charge in [-0.1, -0.05) is 23.7 Å². The van der Waals surface area contributed by atoms with E-state index in [9.17, 15) is 13.2 Å². The maximum Gasteiger partial charge on any atom is 0.306 e. The van der Waals surface area contributed by atoms with E-state index in [1.54, 1.807) is 31.3 Å². The first-order chi connectivity index (χ1) is 12.8. The van der Waals surface area contributed by atoms with Crippen molar-refractivity contribution in [3.63, 3.8) is 0 Å². The molecule has 9 heteroatoms. The number of hydrogen-bond acceptors (Lipinski definition) is 5. The molecule has 144 valence electrons. The van der Waals surface area contributed by atoms with Crippen molar-refractivity contribution in [2.45, 2.75) is 19.3 Å². The SMILES string of the molecule is CCOC(=O)CC(c1ccc(Cl)s1)c1c[nH]c2c(NS(C)(=O)=O)cccc12. The maximum atomic E-state index is 12.2. The summed E-state index contributed by atoms with van der Waals surface area (Å²) in [4.78, 5) is 16.2. The predicted molar refractivity (Wildman–Crippen MR) is 109 cm³/mol. The number of carbonyl (C=O) groups excluding carboxylic acids is 1. The molecule has 0 aliphatic carbocycles. The zero-order valence-corrected chi connectivity index (χ0v) is 17.2. The highest BCUT2D eigenvalue weighted by Crippen LogP contribution is 2.39. The van der Waals surface area contributed by atoms with Gasteiger partial charge in [-0.25, -0.2) is 8.42 Å². The molecule has 2 aromatic heterocycles. The molecule has 6 nitrogen and oxygen atoms in total. The van der Waals surface area contributed by atoms with Gasteiger partial charge < -0.3 is 9.72 Å². The molecule has 27 heavy (non-hydrogen) atoms. The third-order valence-corrected chi connectivity index (χ3v) is 5.97. The minimum Gasteiger partial charge on any atom is -0.466 e. The smallest absolute Gasteiger partial charge is 0.306 e. The number of esters is 1. The molecule has 3 rings (SSSR count). The van der Waals surface area contributed by atoms with Crippen molar-refractivity contribution in [2.75, 3.05) is 17.6 Å². The molecule has 2 heterocycles. The van der Waals surface area contributed by atoms with Crippen LogP contribution in [0.15, 0.2) is 36.5 Å². The van der Waals surface area contributed by atoms with E-state index in [0.717, 1.165) is 22.1 Å². The Morgan fingerprint density at radius 3 is 2.74 bits per heavy atom. The summed E-state index contributed by atoms with van der Waals surface area (Å²) >= 11 is 7.51. The second kappa shape index (κ2) is 7.92. The number of halogens is 1. The summed E-state index contributed by atoms with van der Waals surface area (Å²) < 4.78 is 31.5. The highest BCUT2D eigenvalue weighted by atomic mass is 35.5. The fourth-order valence-corrected chi connectivity index (χ4v) is 4.76. The maximum absolute atomic E-state index is 12.2. The Bertz CT molecular complexity index is 1070. The lowest BCUT2D eigenvalue weighted by atomic mass is 9.93. The number of H-pyrrole nitrogens is 1. The van der Waals surface area contributed by atoms with Gasteiger partial charge in [0.05, 0.1) is 34.8 Å². The highest BCUT2D eigenvalue weighted by Gasteiger charge is 2.24. The summed E-state index contributed by atoms with van der Waals surface area (Å²) in [5.74, 6) is -0.546. The average Bonchev–Trinajstić information content (AvgIpc) is 3.19. The van der Waals surface area contributed by atoms with Gasteiger partial charge in [-0.3, -0.25) is 9.52 Å². The lowest BCUT2D eigenvalue weighted by Crippen LogP contribution is -2.11. The normalized spacial score (nSPS) is 12.9. The third-order valence-electron chi connectivity index (χ3n) is 4.03. The minimum atomic E-state index is -3.41. The number of sulfonamides is 1. The Balaban J connectivity index is 2.08. The average molecular weight is 427 g/mol. The van der Waals surface area contributed by atoms with Crippen molar-refractivity contribution in [3.05, 3.63) is 51.3 Å². The number of aromatic amines is 1. The first-order valence-electron chi connectivity index (χ1n) is 8.27. The Morgan fingerprint density at radius 2 is 2.11 bits per heavy atom. The van der Waals surface area contributed by atoms with Gasteiger partial charge in [-0.15, -0.1) is 11.3 Å². The quantitative estimate of drug-likeness (QED) is 0.550. The molecule has 0 saturated heterocycles. The van der Waals surface area contributed by atoms with Gasteiger partial charge in [0.1, 0.15) is 0 Å².